The molecule has 6 heteroatoms. The first-order valence-corrected chi connectivity index (χ1v) is 4.02. The van der Waals surface area contributed by atoms with Gasteiger partial charge in [0.2, 0.25) is 5.88 Å². The van der Waals surface area contributed by atoms with E-state index in [4.69, 9.17) is 0 Å². The molecule has 0 radical (unpaired) electrons. The third-order valence-electron chi connectivity index (χ3n) is 1.34. The highest BCUT2D eigenvalue weighted by atomic mass is 79.9. The molecule has 0 saturated carbocycles. The van der Waals surface area contributed by atoms with E-state index >= 15 is 0 Å². The summed E-state index contributed by atoms with van der Waals surface area (Å²) in [5, 5.41) is 0. The Bertz CT molecular complexity index is 313. The van der Waals surface area contributed by atoms with Gasteiger partial charge in [0, 0.05) is 10.7 Å². The summed E-state index contributed by atoms with van der Waals surface area (Å²) in [6.45, 7) is 0. The maximum Gasteiger partial charge on any atom is 0.422 e. The molecule has 1 aromatic heterocycles. The van der Waals surface area contributed by atoms with E-state index in [2.05, 4.69) is 25.7 Å². The number of halogens is 4. The molecule has 72 valence electrons. The van der Waals surface area contributed by atoms with Crippen molar-refractivity contribution in [3.63, 3.8) is 0 Å². The molecule has 0 saturated heterocycles. The normalized spacial score (nSPS) is 11.5. The van der Waals surface area contributed by atoms with E-state index in [1.165, 1.54) is 12.3 Å². The average Bonchev–Trinajstić information content (AvgIpc) is 2.01. The molecule has 0 amide bonds. The van der Waals surface area contributed by atoms with Gasteiger partial charge in [0.05, 0.1) is 7.11 Å². The van der Waals surface area contributed by atoms with Crippen molar-refractivity contribution in [1.82, 2.24) is 4.98 Å². The molecule has 13 heavy (non-hydrogen) atoms. The molecule has 2 nitrogen and oxygen atoms in total. The lowest BCUT2D eigenvalue weighted by atomic mass is 10.2. The minimum absolute atomic E-state index is 0.0770. The van der Waals surface area contributed by atoms with Gasteiger partial charge in [-0.25, -0.2) is 4.98 Å². The number of rotatable bonds is 1. The average molecular weight is 256 g/mol. The van der Waals surface area contributed by atoms with Gasteiger partial charge in [-0.1, -0.05) is 0 Å². The van der Waals surface area contributed by atoms with E-state index < -0.39 is 17.6 Å². The maximum absolute atomic E-state index is 12.3. The van der Waals surface area contributed by atoms with Gasteiger partial charge in [0.15, 0.2) is 0 Å². The van der Waals surface area contributed by atoms with Crippen LogP contribution in [0.2, 0.25) is 0 Å². The lowest BCUT2D eigenvalue weighted by molar-refractivity contribution is -0.139. The first kappa shape index (κ1) is 10.3. The van der Waals surface area contributed by atoms with Crippen molar-refractivity contribution in [2.75, 3.05) is 7.11 Å². The van der Waals surface area contributed by atoms with Gasteiger partial charge in [-0.2, -0.15) is 13.2 Å². The predicted octanol–water partition coefficient (Wildman–Crippen LogP) is 2.87. The fraction of sp³-hybridized carbons (Fsp3) is 0.286. The van der Waals surface area contributed by atoms with Crippen LogP contribution in [0.1, 0.15) is 5.56 Å². The molecule has 0 spiro atoms. The maximum atomic E-state index is 12.3. The van der Waals surface area contributed by atoms with E-state index in [0.717, 1.165) is 7.11 Å². The van der Waals surface area contributed by atoms with Crippen molar-refractivity contribution in [3.05, 3.63) is 22.3 Å². The van der Waals surface area contributed by atoms with Crippen molar-refractivity contribution in [1.29, 1.82) is 0 Å². The summed E-state index contributed by atoms with van der Waals surface area (Å²) in [4.78, 5) is 3.45. The van der Waals surface area contributed by atoms with Gasteiger partial charge in [-0.3, -0.25) is 0 Å². The molecule has 1 heterocycles. The van der Waals surface area contributed by atoms with Gasteiger partial charge >= 0.3 is 6.18 Å². The molecule has 0 aromatic carbocycles. The molecule has 0 aliphatic rings. The van der Waals surface area contributed by atoms with Crippen molar-refractivity contribution < 1.29 is 17.9 Å². The third-order valence-corrected chi connectivity index (χ3v) is 2.00. The van der Waals surface area contributed by atoms with Gasteiger partial charge in [-0.05, 0) is 22.0 Å². The molecular weight excluding hydrogens is 251 g/mol. The topological polar surface area (TPSA) is 22.1 Å². The fourth-order valence-corrected chi connectivity index (χ4v) is 1.34. The van der Waals surface area contributed by atoms with Crippen LogP contribution in [-0.4, -0.2) is 12.1 Å². The molecule has 1 aromatic rings. The van der Waals surface area contributed by atoms with E-state index in [0.29, 0.717) is 0 Å². The van der Waals surface area contributed by atoms with Gasteiger partial charge < -0.3 is 4.74 Å². The fourth-order valence-electron chi connectivity index (χ4n) is 0.832. The number of methoxy groups -OCH3 is 1. The van der Waals surface area contributed by atoms with Crippen LogP contribution in [0, 0.1) is 0 Å². The third kappa shape index (κ3) is 2.12. The van der Waals surface area contributed by atoms with E-state index in [9.17, 15) is 13.2 Å². The zero-order valence-electron chi connectivity index (χ0n) is 6.52. The van der Waals surface area contributed by atoms with Crippen LogP contribution in [0.4, 0.5) is 13.2 Å². The number of alkyl halides is 3. The minimum atomic E-state index is -4.46. The number of pyridine rings is 1. The van der Waals surface area contributed by atoms with Crippen molar-refractivity contribution >= 4 is 15.9 Å². The van der Waals surface area contributed by atoms with Crippen LogP contribution in [0.15, 0.2) is 16.7 Å². The number of aromatic nitrogens is 1. The molecular formula is C7H5BrF3NO. The quantitative estimate of drug-likeness (QED) is 0.770. The second kappa shape index (κ2) is 3.53. The summed E-state index contributed by atoms with van der Waals surface area (Å²) in [6, 6.07) is 1.21. The van der Waals surface area contributed by atoms with Crippen LogP contribution < -0.4 is 4.74 Å². The van der Waals surface area contributed by atoms with E-state index in [-0.39, 0.29) is 4.47 Å². The monoisotopic (exact) mass is 255 g/mol. The van der Waals surface area contributed by atoms with Crippen LogP contribution in [0.5, 0.6) is 5.88 Å². The number of hydrogen-bond acceptors (Lipinski definition) is 2. The van der Waals surface area contributed by atoms with Crippen LogP contribution in [-0.2, 0) is 6.18 Å². The Balaban J connectivity index is 3.32. The highest BCUT2D eigenvalue weighted by Crippen LogP contribution is 2.39. The van der Waals surface area contributed by atoms with Crippen molar-refractivity contribution in [3.8, 4) is 5.88 Å². The summed E-state index contributed by atoms with van der Waals surface area (Å²) >= 11 is 2.78. The highest BCUT2D eigenvalue weighted by molar-refractivity contribution is 9.10. The van der Waals surface area contributed by atoms with Gasteiger partial charge in [0.25, 0.3) is 0 Å². The SMILES string of the molecule is COc1nccc(Br)c1C(F)(F)F. The molecule has 0 aliphatic heterocycles. The zero-order chi connectivity index (χ0) is 10.1. The molecule has 0 unspecified atom stereocenters. The summed E-state index contributed by atoms with van der Waals surface area (Å²) in [6.07, 6.45) is -3.23. The molecule has 0 fully saturated rings. The molecule has 0 N–H and O–H groups in total. The van der Waals surface area contributed by atoms with E-state index in [1.54, 1.807) is 0 Å². The number of nitrogens with zero attached hydrogens (tertiary/aromatic N) is 1. The molecule has 1 rings (SSSR count). The predicted molar refractivity (Wildman–Crippen MR) is 43.5 cm³/mol. The van der Waals surface area contributed by atoms with Gasteiger partial charge in [-0.15, -0.1) is 0 Å². The standard InChI is InChI=1S/C7H5BrF3NO/c1-13-6-5(7(9,10)11)4(8)2-3-12-6/h2-3H,1H3. The van der Waals surface area contributed by atoms with Gasteiger partial charge in [0.1, 0.15) is 5.56 Å². The van der Waals surface area contributed by atoms with Crippen LogP contribution in [0.25, 0.3) is 0 Å². The Kier molecular flexibility index (Phi) is 2.80. The largest absolute Gasteiger partial charge is 0.481 e. The second-order valence-corrected chi connectivity index (χ2v) is 3.03. The zero-order valence-corrected chi connectivity index (χ0v) is 8.11. The van der Waals surface area contributed by atoms with Crippen LogP contribution >= 0.6 is 15.9 Å². The number of hydrogen-bond donors (Lipinski definition) is 0. The lowest BCUT2D eigenvalue weighted by Crippen LogP contribution is -2.09. The Labute approximate surface area is 80.9 Å². The molecule has 0 bridgehead atoms. The lowest BCUT2D eigenvalue weighted by Gasteiger charge is -2.11. The Hall–Kier alpha value is -0.780. The van der Waals surface area contributed by atoms with Crippen LogP contribution in [0.3, 0.4) is 0 Å². The molecule has 0 aliphatic carbocycles. The van der Waals surface area contributed by atoms with E-state index in [1.807, 2.05) is 0 Å². The Morgan fingerprint density at radius 1 is 1.46 bits per heavy atom. The summed E-state index contributed by atoms with van der Waals surface area (Å²) < 4.78 is 41.5. The summed E-state index contributed by atoms with van der Waals surface area (Å²) in [7, 11) is 1.14. The van der Waals surface area contributed by atoms with Crippen molar-refractivity contribution in [2.45, 2.75) is 6.18 Å². The summed E-state index contributed by atoms with van der Waals surface area (Å²) in [5.74, 6) is -0.429. The summed E-state index contributed by atoms with van der Waals surface area (Å²) in [5.41, 5.74) is -0.891. The Morgan fingerprint density at radius 2 is 2.08 bits per heavy atom. The first-order chi connectivity index (χ1) is 5.96. The first-order valence-electron chi connectivity index (χ1n) is 3.22. The molecule has 0 atom stereocenters. The smallest absolute Gasteiger partial charge is 0.422 e. The van der Waals surface area contributed by atoms with Crippen molar-refractivity contribution in [2.24, 2.45) is 0 Å². The Morgan fingerprint density at radius 3 is 2.46 bits per heavy atom. The minimum Gasteiger partial charge on any atom is -0.481 e. The second-order valence-electron chi connectivity index (χ2n) is 2.17. The number of ether oxygens (including phenoxy) is 1. The highest BCUT2D eigenvalue weighted by Gasteiger charge is 2.37.